The number of benzene rings is 1. The molecule has 1 unspecified atom stereocenters. The Bertz CT molecular complexity index is 973. The first-order valence-corrected chi connectivity index (χ1v) is 11.6. The second kappa shape index (κ2) is 7.54. The molecule has 3 heterocycles. The lowest BCUT2D eigenvalue weighted by molar-refractivity contribution is 0.0980. The molecule has 1 fully saturated rings. The summed E-state index contributed by atoms with van der Waals surface area (Å²) in [4.78, 5) is 21.3. The van der Waals surface area contributed by atoms with Gasteiger partial charge >= 0.3 is 0 Å². The van der Waals surface area contributed by atoms with E-state index in [0.717, 1.165) is 24.2 Å². The number of hydrogen-bond donors (Lipinski definition) is 0. The van der Waals surface area contributed by atoms with Gasteiger partial charge in [-0.15, -0.1) is 0 Å². The molecule has 2 aliphatic heterocycles. The van der Waals surface area contributed by atoms with E-state index in [4.69, 9.17) is 0 Å². The average Bonchev–Trinajstić information content (AvgIpc) is 3.07. The number of carbonyl (C=O) groups is 1. The van der Waals surface area contributed by atoms with E-state index in [1.807, 2.05) is 36.1 Å². The van der Waals surface area contributed by atoms with Gasteiger partial charge in [-0.05, 0) is 49.9 Å². The largest absolute Gasteiger partial charge is 0.367 e. The summed E-state index contributed by atoms with van der Waals surface area (Å²) >= 11 is 0. The molecule has 0 aliphatic carbocycles. The van der Waals surface area contributed by atoms with Gasteiger partial charge in [-0.25, -0.2) is 13.4 Å². The summed E-state index contributed by atoms with van der Waals surface area (Å²) in [7, 11) is -2.95. The highest BCUT2D eigenvalue weighted by atomic mass is 32.2. The van der Waals surface area contributed by atoms with E-state index < -0.39 is 9.84 Å². The van der Waals surface area contributed by atoms with Crippen LogP contribution in [-0.2, 0) is 16.3 Å². The molecule has 0 bridgehead atoms. The van der Waals surface area contributed by atoms with Crippen LogP contribution in [0.15, 0.2) is 42.6 Å². The Hall–Kier alpha value is -2.41. The Kier molecular flexibility index (Phi) is 5.10. The first kappa shape index (κ1) is 18.9. The summed E-state index contributed by atoms with van der Waals surface area (Å²) in [6.45, 7) is 3.41. The van der Waals surface area contributed by atoms with E-state index in [-0.39, 0.29) is 23.5 Å². The van der Waals surface area contributed by atoms with Crippen LogP contribution in [0.3, 0.4) is 0 Å². The molecule has 1 aromatic carbocycles. The third-order valence-electron chi connectivity index (χ3n) is 5.64. The van der Waals surface area contributed by atoms with Crippen LogP contribution >= 0.6 is 0 Å². The van der Waals surface area contributed by atoms with Crippen molar-refractivity contribution in [3.63, 3.8) is 0 Å². The highest BCUT2D eigenvalue weighted by Gasteiger charge is 2.32. The Morgan fingerprint density at radius 2 is 2.07 bits per heavy atom. The number of sulfone groups is 1. The van der Waals surface area contributed by atoms with Crippen molar-refractivity contribution in [2.45, 2.75) is 32.2 Å². The zero-order valence-corrected chi connectivity index (χ0v) is 16.9. The molecule has 2 aromatic rings. The van der Waals surface area contributed by atoms with Gasteiger partial charge in [-0.2, -0.15) is 0 Å². The maximum atomic E-state index is 13.0. The van der Waals surface area contributed by atoms with Gasteiger partial charge in [0.2, 0.25) is 0 Å². The van der Waals surface area contributed by atoms with E-state index in [2.05, 4.69) is 16.0 Å². The maximum Gasteiger partial charge on any atom is 0.276 e. The molecule has 1 saturated heterocycles. The first-order valence-electron chi connectivity index (χ1n) is 9.81. The summed E-state index contributed by atoms with van der Waals surface area (Å²) in [5, 5.41) is 0. The monoisotopic (exact) mass is 399 g/mol. The Labute approximate surface area is 166 Å². The zero-order chi connectivity index (χ0) is 19.7. The van der Waals surface area contributed by atoms with Crippen molar-refractivity contribution >= 4 is 27.1 Å². The molecule has 2 aliphatic rings. The van der Waals surface area contributed by atoms with Crippen molar-refractivity contribution in [2.24, 2.45) is 0 Å². The number of hydrogen-bond acceptors (Lipinski definition) is 5. The number of rotatable bonds is 4. The number of nitrogens with zero attached hydrogens (tertiary/aromatic N) is 3. The van der Waals surface area contributed by atoms with E-state index in [9.17, 15) is 13.2 Å². The summed E-state index contributed by atoms with van der Waals surface area (Å²) in [6.07, 6.45) is 4.27. The molecule has 4 rings (SSSR count). The fourth-order valence-electron chi connectivity index (χ4n) is 4.24. The average molecular weight is 400 g/mol. The molecular weight excluding hydrogens is 374 g/mol. The van der Waals surface area contributed by atoms with Crippen LogP contribution in [0, 0.1) is 0 Å². The topological polar surface area (TPSA) is 70.6 Å². The van der Waals surface area contributed by atoms with Crippen molar-refractivity contribution in [1.29, 1.82) is 0 Å². The minimum absolute atomic E-state index is 0.0210. The molecule has 6 nitrogen and oxygen atoms in total. The van der Waals surface area contributed by atoms with Crippen LogP contribution < -0.4 is 9.80 Å². The lowest BCUT2D eigenvalue weighted by Crippen LogP contribution is -2.37. The number of fused-ring (bicyclic) bond motifs is 1. The summed E-state index contributed by atoms with van der Waals surface area (Å²) < 4.78 is 23.6. The summed E-state index contributed by atoms with van der Waals surface area (Å²) in [5.74, 6) is 0.337. The molecule has 1 aromatic heterocycles. The molecule has 0 saturated carbocycles. The predicted molar refractivity (Wildman–Crippen MR) is 111 cm³/mol. The Morgan fingerprint density at radius 3 is 2.75 bits per heavy atom. The van der Waals surface area contributed by atoms with Crippen molar-refractivity contribution in [1.82, 2.24) is 4.98 Å². The van der Waals surface area contributed by atoms with E-state index in [1.165, 1.54) is 5.56 Å². The van der Waals surface area contributed by atoms with Crippen molar-refractivity contribution in [2.75, 3.05) is 34.4 Å². The molecule has 1 amide bonds. The molecule has 28 heavy (non-hydrogen) atoms. The fraction of sp³-hybridized carbons (Fsp3) is 0.429. The number of amides is 1. The minimum Gasteiger partial charge on any atom is -0.367 e. The SMILES string of the molecule is CCN(c1ccc(C(=O)N2CCCc3ccccc32)nc1)C1CCS(=O)(=O)C1. The number of para-hydroxylation sites is 1. The lowest BCUT2D eigenvalue weighted by Gasteiger charge is -2.30. The summed E-state index contributed by atoms with van der Waals surface area (Å²) in [6, 6.07) is 11.6. The Morgan fingerprint density at radius 1 is 1.25 bits per heavy atom. The van der Waals surface area contributed by atoms with E-state index >= 15 is 0 Å². The van der Waals surface area contributed by atoms with Crippen LogP contribution in [-0.4, -0.2) is 49.9 Å². The van der Waals surface area contributed by atoms with Gasteiger partial charge in [0.05, 0.1) is 23.4 Å². The Balaban J connectivity index is 1.54. The quantitative estimate of drug-likeness (QED) is 0.791. The van der Waals surface area contributed by atoms with Crippen molar-refractivity contribution < 1.29 is 13.2 Å². The van der Waals surface area contributed by atoms with Gasteiger partial charge in [0.1, 0.15) is 5.69 Å². The van der Waals surface area contributed by atoms with Gasteiger partial charge < -0.3 is 9.80 Å². The third kappa shape index (κ3) is 3.63. The van der Waals surface area contributed by atoms with Crippen LogP contribution in [0.2, 0.25) is 0 Å². The van der Waals surface area contributed by atoms with Crippen LogP contribution in [0.4, 0.5) is 11.4 Å². The van der Waals surface area contributed by atoms with Crippen LogP contribution in [0.5, 0.6) is 0 Å². The molecule has 1 atom stereocenters. The number of aryl methyl sites for hydroxylation is 1. The second-order valence-electron chi connectivity index (χ2n) is 7.43. The standard InChI is InChI=1S/C21H25N3O3S/c1-2-23(18-11-13-28(26,27)15-18)17-9-10-19(22-14-17)21(25)24-12-5-7-16-6-3-4-8-20(16)24/h3-4,6,8-10,14,18H,2,5,7,11-13,15H2,1H3. The molecule has 0 spiro atoms. The zero-order valence-electron chi connectivity index (χ0n) is 16.0. The van der Waals surface area contributed by atoms with Gasteiger partial charge in [-0.3, -0.25) is 4.79 Å². The highest BCUT2D eigenvalue weighted by Crippen LogP contribution is 2.28. The molecule has 0 radical (unpaired) electrons. The smallest absolute Gasteiger partial charge is 0.276 e. The van der Waals surface area contributed by atoms with Gasteiger partial charge in [0, 0.05) is 24.8 Å². The molecule has 7 heteroatoms. The maximum absolute atomic E-state index is 13.0. The van der Waals surface area contributed by atoms with Crippen LogP contribution in [0.1, 0.15) is 35.8 Å². The lowest BCUT2D eigenvalue weighted by atomic mass is 10.0. The van der Waals surface area contributed by atoms with Gasteiger partial charge in [0.15, 0.2) is 9.84 Å². The third-order valence-corrected chi connectivity index (χ3v) is 7.39. The number of carbonyl (C=O) groups excluding carboxylic acids is 1. The van der Waals surface area contributed by atoms with Gasteiger partial charge in [0.25, 0.3) is 5.91 Å². The minimum atomic E-state index is -2.95. The number of pyridine rings is 1. The summed E-state index contributed by atoms with van der Waals surface area (Å²) in [5.41, 5.74) is 3.44. The van der Waals surface area contributed by atoms with E-state index in [1.54, 1.807) is 12.3 Å². The number of anilines is 2. The second-order valence-corrected chi connectivity index (χ2v) is 9.66. The normalized spacial score (nSPS) is 20.6. The van der Waals surface area contributed by atoms with Crippen LogP contribution in [0.25, 0.3) is 0 Å². The van der Waals surface area contributed by atoms with Crippen molar-refractivity contribution in [3.05, 3.63) is 53.9 Å². The van der Waals surface area contributed by atoms with Crippen molar-refractivity contribution in [3.8, 4) is 0 Å². The molecule has 148 valence electrons. The predicted octanol–water partition coefficient (Wildman–Crippen LogP) is 2.69. The highest BCUT2D eigenvalue weighted by molar-refractivity contribution is 7.91. The first-order chi connectivity index (χ1) is 13.5. The molecular formula is C21H25N3O3S. The van der Waals surface area contributed by atoms with E-state index in [0.29, 0.717) is 25.2 Å². The number of aromatic nitrogens is 1. The van der Waals surface area contributed by atoms with Gasteiger partial charge in [-0.1, -0.05) is 18.2 Å². The fourth-order valence-corrected chi connectivity index (χ4v) is 5.97. The molecule has 0 N–H and O–H groups in total.